The molecule has 0 amide bonds. The highest BCUT2D eigenvalue weighted by molar-refractivity contribution is 5.78. The maximum Gasteiger partial charge on any atom is 0.449 e. The number of benzene rings is 1. The van der Waals surface area contributed by atoms with Crippen LogP contribution in [0.25, 0.3) is 11.0 Å². The molecule has 0 saturated carbocycles. The second-order valence-electron chi connectivity index (χ2n) is 2.82. The average molecular weight is 200 g/mol. The Morgan fingerprint density at radius 2 is 2.00 bits per heavy atom. The third kappa shape index (κ3) is 1.39. The summed E-state index contributed by atoms with van der Waals surface area (Å²) in [6, 6.07) is 4.07. The molecule has 0 aliphatic heterocycles. The monoisotopic (exact) mass is 200 g/mol. The van der Waals surface area contributed by atoms with Crippen LogP contribution < -0.4 is 5.73 Å². The van der Waals surface area contributed by atoms with Crippen molar-refractivity contribution in [2.24, 2.45) is 0 Å². The molecule has 0 aliphatic rings. The Bertz CT molecular complexity index is 472. The fraction of sp³-hybridized carbons (Fsp3) is 0.125. The highest BCUT2D eigenvalue weighted by Crippen LogP contribution is 2.28. The van der Waals surface area contributed by atoms with Crippen molar-refractivity contribution in [2.45, 2.75) is 6.18 Å². The Morgan fingerprint density at radius 3 is 2.64 bits per heavy atom. The van der Waals surface area contributed by atoms with Crippen LogP contribution in [-0.2, 0) is 6.18 Å². The fourth-order valence-electron chi connectivity index (χ4n) is 1.14. The van der Waals surface area contributed by atoms with Gasteiger partial charge in [-0.05, 0) is 18.2 Å². The molecule has 6 heteroatoms. The van der Waals surface area contributed by atoms with E-state index < -0.39 is 12.0 Å². The molecule has 1 aromatic heterocycles. The van der Waals surface area contributed by atoms with E-state index in [9.17, 15) is 13.2 Å². The number of aromatic amines is 1. The molecular weight excluding hydrogens is 195 g/mol. The number of hydrogen-bond donors (Lipinski definition) is 1. The lowest BCUT2D eigenvalue weighted by molar-refractivity contribution is -0.144. The molecule has 0 unspecified atom stereocenters. The normalized spacial score (nSPS) is 12.2. The second kappa shape index (κ2) is 2.63. The standard InChI is InChI=1S/C8H5F3N3/c9-8(10,11)7-13-5-2-1-4(12)3-6(5)14-7/h1-3,12H,(H,13,14). The first-order chi connectivity index (χ1) is 6.47. The Kier molecular flexibility index (Phi) is 1.67. The predicted octanol–water partition coefficient (Wildman–Crippen LogP) is 2.50. The minimum Gasteiger partial charge on any atom is -0.334 e. The predicted molar refractivity (Wildman–Crippen MR) is 43.9 cm³/mol. The number of halogens is 3. The lowest BCUT2D eigenvalue weighted by Gasteiger charge is -1.98. The topological polar surface area (TPSA) is 52.5 Å². The largest absolute Gasteiger partial charge is 0.449 e. The van der Waals surface area contributed by atoms with E-state index in [2.05, 4.69) is 9.97 Å². The number of hydrogen-bond acceptors (Lipinski definition) is 1. The average Bonchev–Trinajstić information content (AvgIpc) is 2.45. The highest BCUT2D eigenvalue weighted by atomic mass is 19.4. The van der Waals surface area contributed by atoms with Gasteiger partial charge in [0.1, 0.15) is 0 Å². The molecule has 3 nitrogen and oxygen atoms in total. The number of nitrogens with zero attached hydrogens (tertiary/aromatic N) is 1. The molecule has 0 atom stereocenters. The number of nitrogens with one attached hydrogen (secondary N) is 2. The molecule has 0 saturated heterocycles. The Hall–Kier alpha value is -1.72. The molecule has 0 spiro atoms. The number of alkyl halides is 3. The smallest absolute Gasteiger partial charge is 0.334 e. The van der Waals surface area contributed by atoms with Gasteiger partial charge in [-0.3, -0.25) is 0 Å². The quantitative estimate of drug-likeness (QED) is 0.697. The molecule has 0 bridgehead atoms. The zero-order valence-electron chi connectivity index (χ0n) is 6.81. The minimum absolute atomic E-state index is 0.148. The van der Waals surface area contributed by atoms with Crippen molar-refractivity contribution in [3.05, 3.63) is 24.0 Å². The number of aromatic nitrogens is 2. The van der Waals surface area contributed by atoms with Crippen LogP contribution in [0.3, 0.4) is 0 Å². The van der Waals surface area contributed by atoms with Gasteiger partial charge in [-0.2, -0.15) is 13.2 Å². The molecule has 73 valence electrons. The van der Waals surface area contributed by atoms with Crippen molar-refractivity contribution in [2.75, 3.05) is 0 Å². The fourth-order valence-corrected chi connectivity index (χ4v) is 1.14. The maximum absolute atomic E-state index is 12.2. The van der Waals surface area contributed by atoms with Gasteiger partial charge in [0.2, 0.25) is 5.82 Å². The first-order valence-corrected chi connectivity index (χ1v) is 3.75. The van der Waals surface area contributed by atoms with Crippen molar-refractivity contribution >= 4 is 16.7 Å². The summed E-state index contributed by atoms with van der Waals surface area (Å²) in [4.78, 5) is 5.48. The van der Waals surface area contributed by atoms with Crippen LogP contribution in [0.4, 0.5) is 18.9 Å². The number of fused-ring (bicyclic) bond motifs is 1. The van der Waals surface area contributed by atoms with Gasteiger partial charge in [0, 0.05) is 0 Å². The van der Waals surface area contributed by atoms with E-state index in [1.807, 2.05) is 0 Å². The van der Waals surface area contributed by atoms with Crippen LogP contribution >= 0.6 is 0 Å². The maximum atomic E-state index is 12.2. The van der Waals surface area contributed by atoms with E-state index >= 15 is 0 Å². The molecule has 0 aliphatic carbocycles. The van der Waals surface area contributed by atoms with Gasteiger partial charge in [-0.1, -0.05) is 0 Å². The van der Waals surface area contributed by atoms with E-state index in [0.29, 0.717) is 0 Å². The van der Waals surface area contributed by atoms with Crippen LogP contribution in [0, 0.1) is 0 Å². The van der Waals surface area contributed by atoms with E-state index in [0.717, 1.165) is 0 Å². The van der Waals surface area contributed by atoms with Crippen molar-refractivity contribution in [3.8, 4) is 0 Å². The van der Waals surface area contributed by atoms with E-state index in [-0.39, 0.29) is 16.7 Å². The first kappa shape index (κ1) is 8.86. The molecular formula is C8H5F3N3. The molecule has 0 fully saturated rings. The van der Waals surface area contributed by atoms with Gasteiger partial charge in [-0.15, -0.1) is 0 Å². The lowest BCUT2D eigenvalue weighted by Crippen LogP contribution is -2.06. The third-order valence-corrected chi connectivity index (χ3v) is 1.75. The van der Waals surface area contributed by atoms with Crippen LogP contribution in [0.1, 0.15) is 5.82 Å². The first-order valence-electron chi connectivity index (χ1n) is 3.75. The van der Waals surface area contributed by atoms with Gasteiger partial charge in [0.05, 0.1) is 16.7 Å². The van der Waals surface area contributed by atoms with Crippen molar-refractivity contribution in [1.82, 2.24) is 15.7 Å². The second-order valence-corrected chi connectivity index (χ2v) is 2.82. The summed E-state index contributed by atoms with van der Waals surface area (Å²) in [7, 11) is 0. The highest BCUT2D eigenvalue weighted by Gasteiger charge is 2.34. The lowest BCUT2D eigenvalue weighted by atomic mass is 10.3. The summed E-state index contributed by atoms with van der Waals surface area (Å²) in [5.74, 6) is -1.03. The molecule has 1 radical (unpaired) electrons. The molecule has 14 heavy (non-hydrogen) atoms. The molecule has 1 heterocycles. The number of H-pyrrole nitrogens is 1. The van der Waals surface area contributed by atoms with Gasteiger partial charge < -0.3 is 10.7 Å². The number of rotatable bonds is 0. The van der Waals surface area contributed by atoms with Crippen LogP contribution in [0.15, 0.2) is 18.2 Å². The SMILES string of the molecule is [NH]c1ccc2nc(C(F)(F)F)[nH]c2c1. The summed E-state index contributed by atoms with van der Waals surface area (Å²) in [6.07, 6.45) is -4.47. The van der Waals surface area contributed by atoms with Gasteiger partial charge in [0.25, 0.3) is 0 Å². The molecule has 2 N–H and O–H groups in total. The minimum atomic E-state index is -4.47. The van der Waals surface area contributed by atoms with Crippen molar-refractivity contribution in [3.63, 3.8) is 0 Å². The Morgan fingerprint density at radius 1 is 1.29 bits per heavy atom. The summed E-state index contributed by atoms with van der Waals surface area (Å²) in [5, 5.41) is 0. The van der Waals surface area contributed by atoms with Gasteiger partial charge >= 0.3 is 6.18 Å². The van der Waals surface area contributed by atoms with E-state index in [1.165, 1.54) is 18.2 Å². The van der Waals surface area contributed by atoms with Crippen molar-refractivity contribution < 1.29 is 13.2 Å². The zero-order chi connectivity index (χ0) is 10.3. The zero-order valence-corrected chi connectivity index (χ0v) is 6.81. The van der Waals surface area contributed by atoms with Crippen LogP contribution in [0.2, 0.25) is 0 Å². The van der Waals surface area contributed by atoms with E-state index in [1.54, 1.807) is 0 Å². The Balaban J connectivity index is 2.63. The summed E-state index contributed by atoms with van der Waals surface area (Å²) in [5.41, 5.74) is 7.80. The molecule has 2 rings (SSSR count). The number of imidazole rings is 1. The van der Waals surface area contributed by atoms with Crippen LogP contribution in [0.5, 0.6) is 0 Å². The summed E-state index contributed by atoms with van der Waals surface area (Å²) >= 11 is 0. The van der Waals surface area contributed by atoms with Gasteiger partial charge in [-0.25, -0.2) is 4.98 Å². The molecule has 1 aromatic carbocycles. The van der Waals surface area contributed by atoms with Gasteiger partial charge in [0.15, 0.2) is 0 Å². The Labute approximate surface area is 76.7 Å². The molecule has 2 aromatic rings. The van der Waals surface area contributed by atoms with E-state index in [4.69, 9.17) is 5.73 Å². The third-order valence-electron chi connectivity index (χ3n) is 1.75. The van der Waals surface area contributed by atoms with Crippen LogP contribution in [-0.4, -0.2) is 9.97 Å². The summed E-state index contributed by atoms with van der Waals surface area (Å²) in [6.45, 7) is 0. The summed E-state index contributed by atoms with van der Waals surface area (Å²) < 4.78 is 36.6. The van der Waals surface area contributed by atoms with Crippen molar-refractivity contribution in [1.29, 1.82) is 0 Å².